The molecule has 0 radical (unpaired) electrons. The number of nitrogens with zero attached hydrogens (tertiary/aromatic N) is 5. The molecule has 2 aromatic rings. The Balaban J connectivity index is 1.82. The molecule has 2 fully saturated rings. The zero-order valence-corrected chi connectivity index (χ0v) is 12.0. The van der Waals surface area contributed by atoms with Gasteiger partial charge in [0.15, 0.2) is 17.0 Å². The third kappa shape index (κ3) is 2.08. The minimum Gasteiger partial charge on any atom is -0.371 e. The molecular formula is C12H11Cl2N5O. The van der Waals surface area contributed by atoms with Crippen molar-refractivity contribution in [3.05, 3.63) is 16.6 Å². The Morgan fingerprint density at radius 2 is 1.85 bits per heavy atom. The number of anilines is 1. The van der Waals surface area contributed by atoms with E-state index in [0.29, 0.717) is 22.1 Å². The molecule has 0 N–H and O–H groups in total. The molecule has 0 amide bonds. The highest BCUT2D eigenvalue weighted by atomic mass is 35.5. The third-order valence-electron chi connectivity index (χ3n) is 3.68. The van der Waals surface area contributed by atoms with Gasteiger partial charge in [0, 0.05) is 13.1 Å². The van der Waals surface area contributed by atoms with Crippen molar-refractivity contribution in [3.63, 3.8) is 0 Å². The highest BCUT2D eigenvalue weighted by Gasteiger charge is 2.35. The summed E-state index contributed by atoms with van der Waals surface area (Å²) in [7, 11) is 0. The van der Waals surface area contributed by atoms with Crippen LogP contribution in [0.2, 0.25) is 10.4 Å². The molecule has 4 heterocycles. The summed E-state index contributed by atoms with van der Waals surface area (Å²) in [6.45, 7) is 1.59. The van der Waals surface area contributed by atoms with E-state index in [2.05, 4.69) is 24.8 Å². The largest absolute Gasteiger partial charge is 0.371 e. The van der Waals surface area contributed by atoms with Crippen molar-refractivity contribution in [2.75, 3.05) is 18.0 Å². The quantitative estimate of drug-likeness (QED) is 0.751. The highest BCUT2D eigenvalue weighted by Crippen LogP contribution is 2.31. The Kier molecular flexibility index (Phi) is 2.90. The smallest absolute Gasteiger partial charge is 0.226 e. The Bertz CT molecular complexity index is 665. The fourth-order valence-electron chi connectivity index (χ4n) is 2.86. The van der Waals surface area contributed by atoms with Crippen molar-refractivity contribution < 1.29 is 4.74 Å². The van der Waals surface area contributed by atoms with Crippen LogP contribution in [-0.4, -0.2) is 45.2 Å². The van der Waals surface area contributed by atoms with Gasteiger partial charge in [0.2, 0.25) is 5.28 Å². The first-order valence-corrected chi connectivity index (χ1v) is 7.21. The number of hydrogen-bond donors (Lipinski definition) is 0. The van der Waals surface area contributed by atoms with Gasteiger partial charge in [0.05, 0.1) is 18.4 Å². The molecule has 0 saturated carbocycles. The maximum absolute atomic E-state index is 5.99. The molecular weight excluding hydrogens is 301 g/mol. The van der Waals surface area contributed by atoms with E-state index in [9.17, 15) is 0 Å². The summed E-state index contributed by atoms with van der Waals surface area (Å²) in [5.74, 6) is 0.712. The van der Waals surface area contributed by atoms with E-state index in [1.165, 1.54) is 6.20 Å². The van der Waals surface area contributed by atoms with Gasteiger partial charge in [-0.1, -0.05) is 11.6 Å². The average molecular weight is 312 g/mol. The zero-order chi connectivity index (χ0) is 13.7. The fraction of sp³-hybridized carbons (Fsp3) is 0.500. The molecule has 2 aromatic heterocycles. The minimum absolute atomic E-state index is 0.155. The summed E-state index contributed by atoms with van der Waals surface area (Å²) in [6.07, 6.45) is 4.21. The van der Waals surface area contributed by atoms with Gasteiger partial charge in [-0.15, -0.1) is 0 Å². The summed E-state index contributed by atoms with van der Waals surface area (Å²) < 4.78 is 5.84. The van der Waals surface area contributed by atoms with Gasteiger partial charge in [-0.25, -0.2) is 9.97 Å². The first kappa shape index (κ1) is 12.5. The van der Waals surface area contributed by atoms with Gasteiger partial charge in [0.25, 0.3) is 0 Å². The SMILES string of the molecule is Clc1cnc2c(N3C[C@H]4CC[C@@H](C3)O4)nc(Cl)nc2n1. The molecule has 0 spiro atoms. The molecule has 0 aromatic carbocycles. The lowest BCUT2D eigenvalue weighted by molar-refractivity contribution is 0.0303. The standard InChI is InChI=1S/C12H11Cl2N5O/c13-8-3-15-9-10(16-8)17-12(14)18-11(9)19-4-6-1-2-7(5-19)20-6/h3,6-7H,1-2,4-5H2/t6-,7+. The summed E-state index contributed by atoms with van der Waals surface area (Å²) in [5.41, 5.74) is 1.05. The van der Waals surface area contributed by atoms with E-state index < -0.39 is 0 Å². The normalized spacial score (nSPS) is 25.4. The molecule has 0 aliphatic carbocycles. The van der Waals surface area contributed by atoms with E-state index in [4.69, 9.17) is 27.9 Å². The molecule has 2 aliphatic rings. The van der Waals surface area contributed by atoms with Crippen molar-refractivity contribution in [1.29, 1.82) is 0 Å². The second kappa shape index (κ2) is 4.65. The van der Waals surface area contributed by atoms with Gasteiger partial charge >= 0.3 is 0 Å². The lowest BCUT2D eigenvalue weighted by Gasteiger charge is -2.33. The molecule has 2 saturated heterocycles. The highest BCUT2D eigenvalue weighted by molar-refractivity contribution is 6.30. The van der Waals surface area contributed by atoms with Crippen LogP contribution in [0, 0.1) is 0 Å². The molecule has 2 atom stereocenters. The van der Waals surface area contributed by atoms with Gasteiger partial charge in [-0.2, -0.15) is 9.97 Å². The topological polar surface area (TPSA) is 64.0 Å². The molecule has 4 rings (SSSR count). The maximum Gasteiger partial charge on any atom is 0.226 e. The molecule has 8 heteroatoms. The van der Waals surface area contributed by atoms with Crippen LogP contribution in [0.5, 0.6) is 0 Å². The zero-order valence-electron chi connectivity index (χ0n) is 10.5. The number of hydrogen-bond acceptors (Lipinski definition) is 6. The monoisotopic (exact) mass is 311 g/mol. The Labute approximate surface area is 125 Å². The third-order valence-corrected chi connectivity index (χ3v) is 4.03. The number of halogens is 2. The number of aromatic nitrogens is 4. The average Bonchev–Trinajstić information content (AvgIpc) is 2.76. The molecule has 20 heavy (non-hydrogen) atoms. The van der Waals surface area contributed by atoms with Crippen LogP contribution in [0.1, 0.15) is 12.8 Å². The van der Waals surface area contributed by atoms with Crippen molar-refractivity contribution in [2.24, 2.45) is 0 Å². The van der Waals surface area contributed by atoms with E-state index in [1.54, 1.807) is 0 Å². The van der Waals surface area contributed by atoms with Crippen LogP contribution in [0.4, 0.5) is 5.82 Å². The Hall–Kier alpha value is -1.24. The van der Waals surface area contributed by atoms with Crippen LogP contribution >= 0.6 is 23.2 Å². The molecule has 0 unspecified atom stereocenters. The predicted molar refractivity (Wildman–Crippen MR) is 75.3 cm³/mol. The van der Waals surface area contributed by atoms with Gasteiger partial charge in [0.1, 0.15) is 5.15 Å². The predicted octanol–water partition coefficient (Wildman–Crippen LogP) is 2.09. The van der Waals surface area contributed by atoms with E-state index in [0.717, 1.165) is 25.9 Å². The summed E-state index contributed by atoms with van der Waals surface area (Å²) in [5, 5.41) is 0.447. The first-order chi connectivity index (χ1) is 9.69. The van der Waals surface area contributed by atoms with Gasteiger partial charge in [-0.3, -0.25) is 0 Å². The summed E-state index contributed by atoms with van der Waals surface area (Å²) in [4.78, 5) is 19.0. The van der Waals surface area contributed by atoms with Crippen LogP contribution in [0.15, 0.2) is 6.20 Å². The first-order valence-electron chi connectivity index (χ1n) is 6.45. The second-order valence-corrected chi connectivity index (χ2v) is 5.77. The van der Waals surface area contributed by atoms with Crippen molar-refractivity contribution in [2.45, 2.75) is 25.0 Å². The number of fused-ring (bicyclic) bond motifs is 3. The summed E-state index contributed by atoms with van der Waals surface area (Å²) in [6, 6.07) is 0. The number of morpholine rings is 1. The maximum atomic E-state index is 5.99. The van der Waals surface area contributed by atoms with Gasteiger partial charge in [-0.05, 0) is 24.4 Å². The molecule has 2 aliphatic heterocycles. The van der Waals surface area contributed by atoms with Gasteiger partial charge < -0.3 is 9.64 Å². The van der Waals surface area contributed by atoms with Crippen LogP contribution < -0.4 is 4.90 Å². The van der Waals surface area contributed by atoms with Crippen molar-refractivity contribution in [1.82, 2.24) is 19.9 Å². The van der Waals surface area contributed by atoms with Crippen molar-refractivity contribution >= 4 is 40.2 Å². The van der Waals surface area contributed by atoms with E-state index in [-0.39, 0.29) is 17.5 Å². The molecule has 104 valence electrons. The Morgan fingerprint density at radius 3 is 2.60 bits per heavy atom. The number of ether oxygens (including phenoxy) is 1. The molecule has 2 bridgehead atoms. The van der Waals surface area contributed by atoms with Crippen LogP contribution in [-0.2, 0) is 4.74 Å². The lowest BCUT2D eigenvalue weighted by atomic mass is 10.2. The number of rotatable bonds is 1. The van der Waals surface area contributed by atoms with E-state index >= 15 is 0 Å². The molecule has 6 nitrogen and oxygen atoms in total. The lowest BCUT2D eigenvalue weighted by Crippen LogP contribution is -2.43. The second-order valence-electron chi connectivity index (χ2n) is 5.04. The fourth-order valence-corrected chi connectivity index (χ4v) is 3.14. The summed E-state index contributed by atoms with van der Waals surface area (Å²) >= 11 is 11.8. The Morgan fingerprint density at radius 1 is 1.10 bits per heavy atom. The van der Waals surface area contributed by atoms with E-state index in [1.807, 2.05) is 0 Å². The minimum atomic E-state index is 0.155. The van der Waals surface area contributed by atoms with Crippen LogP contribution in [0.25, 0.3) is 11.2 Å². The van der Waals surface area contributed by atoms with Crippen molar-refractivity contribution in [3.8, 4) is 0 Å². The van der Waals surface area contributed by atoms with Crippen LogP contribution in [0.3, 0.4) is 0 Å².